The number of nitriles is 1. The van der Waals surface area contributed by atoms with Crippen molar-refractivity contribution in [1.29, 1.82) is 5.26 Å². The van der Waals surface area contributed by atoms with Crippen molar-refractivity contribution >= 4 is 5.91 Å². The number of carbonyl (C=O) groups is 1. The molecule has 0 saturated carbocycles. The predicted octanol–water partition coefficient (Wildman–Crippen LogP) is 2.32. The Morgan fingerprint density at radius 1 is 1.32 bits per heavy atom. The van der Waals surface area contributed by atoms with Crippen LogP contribution in [0.3, 0.4) is 0 Å². The summed E-state index contributed by atoms with van der Waals surface area (Å²) in [5.41, 5.74) is -0.649. The minimum absolute atomic E-state index is 0.0164. The number of amides is 1. The van der Waals surface area contributed by atoms with E-state index in [1.807, 2.05) is 24.8 Å². The Hall–Kier alpha value is -1.52. The molecule has 2 aliphatic heterocycles. The van der Waals surface area contributed by atoms with Crippen LogP contribution < -0.4 is 0 Å². The van der Waals surface area contributed by atoms with Crippen LogP contribution in [0.4, 0.5) is 8.78 Å². The molecular formula is C18H27F2N3O2. The number of halogens is 2. The Balaban J connectivity index is 2.15. The summed E-state index contributed by atoms with van der Waals surface area (Å²) in [5, 5.41) is 18.9. The Labute approximate surface area is 147 Å². The number of carbonyl (C=O) groups excluding carboxylic acids is 1. The van der Waals surface area contributed by atoms with Gasteiger partial charge in [0.25, 0.3) is 11.8 Å². The fourth-order valence-corrected chi connectivity index (χ4v) is 3.61. The van der Waals surface area contributed by atoms with Crippen molar-refractivity contribution in [2.24, 2.45) is 0 Å². The third-order valence-electron chi connectivity index (χ3n) is 5.26. The van der Waals surface area contributed by atoms with Gasteiger partial charge in [-0.1, -0.05) is 0 Å². The smallest absolute Gasteiger partial charge is 0.264 e. The number of likely N-dealkylation sites (tertiary alicyclic amines) is 2. The van der Waals surface area contributed by atoms with Crippen molar-refractivity contribution < 1.29 is 18.7 Å². The van der Waals surface area contributed by atoms with E-state index in [1.165, 1.54) is 0 Å². The van der Waals surface area contributed by atoms with Crippen molar-refractivity contribution in [3.8, 4) is 6.07 Å². The van der Waals surface area contributed by atoms with Gasteiger partial charge in [0.05, 0.1) is 12.6 Å². The first-order chi connectivity index (χ1) is 11.7. The van der Waals surface area contributed by atoms with Gasteiger partial charge in [-0.15, -0.1) is 0 Å². The average Bonchev–Trinajstić information content (AvgIpc) is 2.58. The van der Waals surface area contributed by atoms with Crippen LogP contribution in [-0.2, 0) is 4.79 Å². The second kappa shape index (κ2) is 7.79. The average molecular weight is 355 g/mol. The van der Waals surface area contributed by atoms with Gasteiger partial charge in [0, 0.05) is 38.0 Å². The molecule has 1 atom stereocenters. The first-order valence-corrected chi connectivity index (χ1v) is 8.88. The second-order valence-corrected chi connectivity index (χ2v) is 7.50. The summed E-state index contributed by atoms with van der Waals surface area (Å²) in [4.78, 5) is 16.2. The van der Waals surface area contributed by atoms with E-state index < -0.39 is 11.5 Å². The molecule has 2 fully saturated rings. The van der Waals surface area contributed by atoms with Gasteiger partial charge in [0.2, 0.25) is 0 Å². The van der Waals surface area contributed by atoms with Crippen LogP contribution in [0.25, 0.3) is 0 Å². The van der Waals surface area contributed by atoms with Crippen LogP contribution in [-0.4, -0.2) is 64.6 Å². The highest BCUT2D eigenvalue weighted by Crippen LogP contribution is 2.32. The van der Waals surface area contributed by atoms with Crippen LogP contribution in [0, 0.1) is 11.3 Å². The molecule has 2 saturated heterocycles. The molecule has 25 heavy (non-hydrogen) atoms. The van der Waals surface area contributed by atoms with Gasteiger partial charge in [0.15, 0.2) is 0 Å². The number of hydrogen-bond donors (Lipinski definition) is 1. The summed E-state index contributed by atoms with van der Waals surface area (Å²) in [6.45, 7) is 4.54. The highest BCUT2D eigenvalue weighted by molar-refractivity contribution is 5.97. The molecule has 0 bridgehead atoms. The van der Waals surface area contributed by atoms with Gasteiger partial charge in [-0.25, -0.2) is 8.78 Å². The number of aliphatic hydroxyl groups excluding tert-OH is 1. The van der Waals surface area contributed by atoms with E-state index in [4.69, 9.17) is 0 Å². The zero-order chi connectivity index (χ0) is 18.7. The summed E-state index contributed by atoms with van der Waals surface area (Å²) in [5.74, 6) is -3.01. The standard InChI is InChI=1S/C18H27F2N3O2/c1-17(2,22-9-6-18(19,20)7-10-22)11-14(12-21)16(25)23-8-4-3-5-15(23)13-24/h11,15,24H,3-10,13H2,1-2H3/t15-/m1/s1. The third-order valence-corrected chi connectivity index (χ3v) is 5.26. The first kappa shape index (κ1) is 19.8. The topological polar surface area (TPSA) is 67.6 Å². The van der Waals surface area contributed by atoms with Gasteiger partial charge in [-0.05, 0) is 39.2 Å². The molecule has 1 amide bonds. The molecule has 0 spiro atoms. The number of hydrogen-bond acceptors (Lipinski definition) is 4. The normalized spacial score (nSPS) is 25.5. The number of rotatable bonds is 4. The highest BCUT2D eigenvalue weighted by Gasteiger charge is 2.39. The lowest BCUT2D eigenvalue weighted by atomic mass is 9.94. The van der Waals surface area contributed by atoms with Gasteiger partial charge in [-0.3, -0.25) is 9.69 Å². The van der Waals surface area contributed by atoms with Crippen LogP contribution in [0.15, 0.2) is 11.6 Å². The molecule has 2 aliphatic rings. The molecule has 140 valence electrons. The van der Waals surface area contributed by atoms with E-state index in [9.17, 15) is 23.9 Å². The first-order valence-electron chi connectivity index (χ1n) is 8.88. The lowest BCUT2D eigenvalue weighted by Crippen LogP contribution is -2.50. The van der Waals surface area contributed by atoms with Gasteiger partial charge in [0.1, 0.15) is 11.6 Å². The SMILES string of the molecule is CC(C)(C=C(C#N)C(=O)N1CCCC[C@@H]1CO)N1CCC(F)(F)CC1. The molecule has 0 aromatic rings. The van der Waals surface area contributed by atoms with Gasteiger partial charge >= 0.3 is 0 Å². The van der Waals surface area contributed by atoms with E-state index >= 15 is 0 Å². The molecule has 1 N–H and O–H groups in total. The number of piperidine rings is 2. The molecule has 0 aromatic carbocycles. The summed E-state index contributed by atoms with van der Waals surface area (Å²) in [6.07, 6.45) is 3.70. The Morgan fingerprint density at radius 2 is 1.96 bits per heavy atom. The van der Waals surface area contributed by atoms with Crippen molar-refractivity contribution in [2.45, 2.75) is 63.5 Å². The molecule has 2 rings (SSSR count). The van der Waals surface area contributed by atoms with Crippen LogP contribution in [0.2, 0.25) is 0 Å². The molecule has 2 heterocycles. The van der Waals surface area contributed by atoms with Crippen molar-refractivity contribution in [2.75, 3.05) is 26.2 Å². The van der Waals surface area contributed by atoms with E-state index in [0.29, 0.717) is 6.54 Å². The summed E-state index contributed by atoms with van der Waals surface area (Å²) in [6, 6.07) is 1.71. The Bertz CT molecular complexity index is 559. The monoisotopic (exact) mass is 355 g/mol. The zero-order valence-corrected chi connectivity index (χ0v) is 15.0. The largest absolute Gasteiger partial charge is 0.394 e. The molecule has 5 nitrogen and oxygen atoms in total. The van der Waals surface area contributed by atoms with Crippen molar-refractivity contribution in [3.05, 3.63) is 11.6 Å². The third kappa shape index (κ3) is 4.77. The Morgan fingerprint density at radius 3 is 2.52 bits per heavy atom. The lowest BCUT2D eigenvalue weighted by Gasteiger charge is -2.41. The van der Waals surface area contributed by atoms with E-state index in [-0.39, 0.29) is 50.1 Å². The van der Waals surface area contributed by atoms with E-state index in [0.717, 1.165) is 19.3 Å². The van der Waals surface area contributed by atoms with E-state index in [2.05, 4.69) is 0 Å². The summed E-state index contributed by atoms with van der Waals surface area (Å²) < 4.78 is 26.7. The minimum Gasteiger partial charge on any atom is -0.394 e. The molecule has 0 radical (unpaired) electrons. The summed E-state index contributed by atoms with van der Waals surface area (Å²) in [7, 11) is 0. The zero-order valence-electron chi connectivity index (χ0n) is 15.0. The lowest BCUT2D eigenvalue weighted by molar-refractivity contribution is -0.131. The van der Waals surface area contributed by atoms with Crippen LogP contribution >= 0.6 is 0 Å². The van der Waals surface area contributed by atoms with Crippen molar-refractivity contribution in [3.63, 3.8) is 0 Å². The quantitative estimate of drug-likeness (QED) is 0.621. The molecule has 0 aromatic heterocycles. The van der Waals surface area contributed by atoms with Gasteiger partial charge < -0.3 is 10.0 Å². The highest BCUT2D eigenvalue weighted by atomic mass is 19.3. The van der Waals surface area contributed by atoms with E-state index in [1.54, 1.807) is 11.0 Å². The fraction of sp³-hybridized carbons (Fsp3) is 0.778. The number of nitrogens with zero attached hydrogens (tertiary/aromatic N) is 3. The van der Waals surface area contributed by atoms with Crippen molar-refractivity contribution in [1.82, 2.24) is 9.80 Å². The minimum atomic E-state index is -2.63. The predicted molar refractivity (Wildman–Crippen MR) is 90.0 cm³/mol. The van der Waals surface area contributed by atoms with Gasteiger partial charge in [-0.2, -0.15) is 5.26 Å². The Kier molecular flexibility index (Phi) is 6.17. The van der Waals surface area contributed by atoms with Crippen LogP contribution in [0.5, 0.6) is 0 Å². The molecule has 7 heteroatoms. The number of alkyl halides is 2. The molecular weight excluding hydrogens is 328 g/mol. The van der Waals surface area contributed by atoms with Crippen LogP contribution in [0.1, 0.15) is 46.0 Å². The second-order valence-electron chi connectivity index (χ2n) is 7.50. The maximum atomic E-state index is 13.4. The summed E-state index contributed by atoms with van der Waals surface area (Å²) >= 11 is 0. The molecule has 0 unspecified atom stereocenters. The molecule has 0 aliphatic carbocycles. The fourth-order valence-electron chi connectivity index (χ4n) is 3.61. The maximum absolute atomic E-state index is 13.4. The number of aliphatic hydroxyl groups is 1. The maximum Gasteiger partial charge on any atom is 0.264 e.